The fraction of sp³-hybridized carbons (Fsp3) is 0.571. The minimum atomic E-state index is -3.07. The molecule has 0 fully saturated rings. The lowest BCUT2D eigenvalue weighted by atomic mass is 10.3. The van der Waals surface area contributed by atoms with Gasteiger partial charge in [0.25, 0.3) is 0 Å². The number of rotatable bonds is 10. The molecule has 0 aliphatic rings. The molecule has 1 rings (SSSR count). The first-order valence-corrected chi connectivity index (χ1v) is 8.72. The van der Waals surface area contributed by atoms with E-state index in [1.165, 1.54) is 10.6 Å². The molecule has 0 spiro atoms. The summed E-state index contributed by atoms with van der Waals surface area (Å²) in [5, 5.41) is 3.24. The third kappa shape index (κ3) is 6.88. The molecule has 6 heteroatoms. The van der Waals surface area contributed by atoms with E-state index in [1.54, 1.807) is 0 Å². The van der Waals surface area contributed by atoms with Crippen LogP contribution in [0.1, 0.15) is 13.3 Å². The number of ether oxygens (including phenoxy) is 1. The normalized spacial score (nSPS) is 11.8. The minimum absolute atomic E-state index is 0.524. The second-order valence-corrected chi connectivity index (χ2v) is 6.50. The van der Waals surface area contributed by atoms with Crippen LogP contribution in [0.2, 0.25) is 0 Å². The van der Waals surface area contributed by atoms with Gasteiger partial charge in [-0.1, -0.05) is 25.1 Å². The summed E-state index contributed by atoms with van der Waals surface area (Å²) in [4.78, 5) is 0. The van der Waals surface area contributed by atoms with Gasteiger partial charge in [-0.25, -0.2) is 12.7 Å². The number of benzene rings is 1. The van der Waals surface area contributed by atoms with Crippen LogP contribution in [-0.4, -0.2) is 51.8 Å². The van der Waals surface area contributed by atoms with Crippen molar-refractivity contribution in [1.29, 1.82) is 0 Å². The predicted molar refractivity (Wildman–Crippen MR) is 81.5 cm³/mol. The fourth-order valence-corrected chi connectivity index (χ4v) is 2.75. The zero-order chi connectivity index (χ0) is 14.8. The second-order valence-electron chi connectivity index (χ2n) is 4.52. The highest BCUT2D eigenvalue weighted by Gasteiger charge is 2.12. The molecule has 0 unspecified atom stereocenters. The highest BCUT2D eigenvalue weighted by molar-refractivity contribution is 7.88. The van der Waals surface area contributed by atoms with E-state index in [-0.39, 0.29) is 0 Å². The Morgan fingerprint density at radius 1 is 1.20 bits per heavy atom. The molecule has 0 aliphatic carbocycles. The van der Waals surface area contributed by atoms with Crippen LogP contribution in [0.15, 0.2) is 30.3 Å². The van der Waals surface area contributed by atoms with Crippen LogP contribution in [-0.2, 0) is 10.0 Å². The van der Waals surface area contributed by atoms with Crippen LogP contribution in [0, 0.1) is 0 Å². The van der Waals surface area contributed by atoms with Crippen LogP contribution < -0.4 is 10.1 Å². The Bertz CT molecular complexity index is 463. The molecular weight excluding hydrogens is 276 g/mol. The van der Waals surface area contributed by atoms with Gasteiger partial charge in [0, 0.05) is 19.6 Å². The first-order valence-electron chi connectivity index (χ1n) is 6.87. The van der Waals surface area contributed by atoms with E-state index in [2.05, 4.69) is 5.32 Å². The van der Waals surface area contributed by atoms with Crippen molar-refractivity contribution in [2.24, 2.45) is 0 Å². The third-order valence-corrected chi connectivity index (χ3v) is 4.25. The van der Waals surface area contributed by atoms with Gasteiger partial charge < -0.3 is 10.1 Å². The van der Waals surface area contributed by atoms with Crippen molar-refractivity contribution in [3.05, 3.63) is 30.3 Å². The lowest BCUT2D eigenvalue weighted by Crippen LogP contribution is -2.33. The summed E-state index contributed by atoms with van der Waals surface area (Å²) in [5.74, 6) is 0.864. The van der Waals surface area contributed by atoms with Gasteiger partial charge in [-0.2, -0.15) is 0 Å². The first-order chi connectivity index (χ1) is 9.54. The van der Waals surface area contributed by atoms with Gasteiger partial charge in [0.2, 0.25) is 10.0 Å². The lowest BCUT2D eigenvalue weighted by molar-refractivity contribution is 0.312. The molecule has 5 nitrogen and oxygen atoms in total. The molecule has 114 valence electrons. The molecule has 1 aromatic rings. The largest absolute Gasteiger partial charge is 0.492 e. The Morgan fingerprint density at radius 2 is 1.90 bits per heavy atom. The van der Waals surface area contributed by atoms with E-state index >= 15 is 0 Å². The van der Waals surface area contributed by atoms with E-state index in [0.29, 0.717) is 19.7 Å². The molecule has 0 aliphatic heterocycles. The van der Waals surface area contributed by atoms with Crippen molar-refractivity contribution in [2.45, 2.75) is 13.3 Å². The molecule has 0 amide bonds. The molecule has 0 radical (unpaired) electrons. The summed E-state index contributed by atoms with van der Waals surface area (Å²) in [5.41, 5.74) is 0. The van der Waals surface area contributed by atoms with Crippen molar-refractivity contribution >= 4 is 10.0 Å². The van der Waals surface area contributed by atoms with E-state index in [0.717, 1.165) is 25.3 Å². The van der Waals surface area contributed by atoms with E-state index in [9.17, 15) is 8.42 Å². The lowest BCUT2D eigenvalue weighted by Gasteiger charge is -2.17. The summed E-state index contributed by atoms with van der Waals surface area (Å²) >= 11 is 0. The molecule has 0 atom stereocenters. The molecule has 0 saturated heterocycles. The van der Waals surface area contributed by atoms with Crippen LogP contribution in [0.4, 0.5) is 0 Å². The van der Waals surface area contributed by atoms with Gasteiger partial charge in [-0.15, -0.1) is 0 Å². The second kappa shape index (κ2) is 8.94. The maximum atomic E-state index is 11.4. The summed E-state index contributed by atoms with van der Waals surface area (Å²) in [6.07, 6.45) is 2.05. The molecule has 1 aromatic carbocycles. The van der Waals surface area contributed by atoms with Crippen LogP contribution in [0.25, 0.3) is 0 Å². The Labute approximate surface area is 122 Å². The van der Waals surface area contributed by atoms with E-state index in [1.807, 2.05) is 37.3 Å². The third-order valence-electron chi connectivity index (χ3n) is 2.87. The topological polar surface area (TPSA) is 58.6 Å². The Kier molecular flexibility index (Phi) is 7.58. The fourth-order valence-electron chi connectivity index (χ4n) is 1.82. The van der Waals surface area contributed by atoms with Crippen molar-refractivity contribution in [3.63, 3.8) is 0 Å². The SMILES string of the molecule is CCN(CCCNCCOc1ccccc1)S(C)(=O)=O. The van der Waals surface area contributed by atoms with Crippen molar-refractivity contribution in [2.75, 3.05) is 39.0 Å². The zero-order valence-corrected chi connectivity index (χ0v) is 13.0. The Balaban J connectivity index is 2.05. The summed E-state index contributed by atoms with van der Waals surface area (Å²) in [7, 11) is -3.07. The summed E-state index contributed by atoms with van der Waals surface area (Å²) in [6, 6.07) is 9.67. The van der Waals surface area contributed by atoms with Crippen LogP contribution >= 0.6 is 0 Å². The van der Waals surface area contributed by atoms with Crippen LogP contribution in [0.5, 0.6) is 5.75 Å². The monoisotopic (exact) mass is 300 g/mol. The van der Waals surface area contributed by atoms with Crippen LogP contribution in [0.3, 0.4) is 0 Å². The van der Waals surface area contributed by atoms with E-state index < -0.39 is 10.0 Å². The molecule has 1 N–H and O–H groups in total. The molecule has 0 saturated carbocycles. The standard InChI is InChI=1S/C14H24N2O3S/c1-3-16(20(2,17)18)12-7-10-15-11-13-19-14-8-5-4-6-9-14/h4-6,8-9,15H,3,7,10-13H2,1-2H3. The molecule has 20 heavy (non-hydrogen) atoms. The average Bonchev–Trinajstić information content (AvgIpc) is 2.41. The summed E-state index contributed by atoms with van der Waals surface area (Å²) < 4.78 is 29.8. The van der Waals surface area contributed by atoms with Gasteiger partial charge in [0.05, 0.1) is 6.26 Å². The first kappa shape index (κ1) is 16.9. The Morgan fingerprint density at radius 3 is 2.50 bits per heavy atom. The number of hydrogen-bond acceptors (Lipinski definition) is 4. The van der Waals surface area contributed by atoms with Gasteiger partial charge >= 0.3 is 0 Å². The highest BCUT2D eigenvalue weighted by atomic mass is 32.2. The van der Waals surface area contributed by atoms with Crippen molar-refractivity contribution in [1.82, 2.24) is 9.62 Å². The van der Waals surface area contributed by atoms with Gasteiger partial charge in [-0.05, 0) is 25.1 Å². The van der Waals surface area contributed by atoms with Gasteiger partial charge in [0.1, 0.15) is 12.4 Å². The minimum Gasteiger partial charge on any atom is -0.492 e. The number of sulfonamides is 1. The number of nitrogens with one attached hydrogen (secondary N) is 1. The van der Waals surface area contributed by atoms with Crippen molar-refractivity contribution < 1.29 is 13.2 Å². The highest BCUT2D eigenvalue weighted by Crippen LogP contribution is 2.07. The molecule has 0 heterocycles. The Hall–Kier alpha value is -1.11. The van der Waals surface area contributed by atoms with Gasteiger partial charge in [-0.3, -0.25) is 0 Å². The van der Waals surface area contributed by atoms with E-state index in [4.69, 9.17) is 4.74 Å². The maximum absolute atomic E-state index is 11.4. The molecular formula is C14H24N2O3S. The average molecular weight is 300 g/mol. The maximum Gasteiger partial charge on any atom is 0.211 e. The molecule has 0 bridgehead atoms. The smallest absolute Gasteiger partial charge is 0.211 e. The quantitative estimate of drug-likeness (QED) is 0.662. The predicted octanol–water partition coefficient (Wildman–Crippen LogP) is 1.33. The zero-order valence-electron chi connectivity index (χ0n) is 12.2. The van der Waals surface area contributed by atoms with Gasteiger partial charge in [0.15, 0.2) is 0 Å². The summed E-state index contributed by atoms with van der Waals surface area (Å²) in [6.45, 7) is 5.07. The number of hydrogen-bond donors (Lipinski definition) is 1. The number of nitrogens with zero attached hydrogens (tertiary/aromatic N) is 1. The number of para-hydroxylation sites is 1. The van der Waals surface area contributed by atoms with Crippen molar-refractivity contribution in [3.8, 4) is 5.75 Å². The molecule has 0 aromatic heterocycles.